The van der Waals surface area contributed by atoms with E-state index in [1.165, 1.54) is 12.5 Å². The van der Waals surface area contributed by atoms with Gasteiger partial charge in [-0.15, -0.1) is 0 Å². The van der Waals surface area contributed by atoms with Crippen LogP contribution in [0.2, 0.25) is 0 Å². The Balaban J connectivity index is 1.26. The van der Waals surface area contributed by atoms with E-state index in [1.54, 1.807) is 16.8 Å². The molecule has 2 amide bonds. The van der Waals surface area contributed by atoms with Crippen LogP contribution in [-0.2, 0) is 6.54 Å². The standard InChI is InChI=1S/C28H34N6O3/c35-25-22-16-30-20-31-23(22)8-13-32(25)19-28(37)11-14-33(18-27(28)9-4-5-10-27)26(36)34-15-12-29-17-24(34)21-6-2-1-3-7-21/h1-3,6-8,13,16,20,24,29,37H,4-5,9-12,14-15,17-19H2. The fraction of sp³-hybridized carbons (Fsp3) is 0.500. The van der Waals surface area contributed by atoms with Gasteiger partial charge in [-0.2, -0.15) is 0 Å². The van der Waals surface area contributed by atoms with Crippen LogP contribution in [0.4, 0.5) is 4.79 Å². The number of piperidine rings is 1. The molecule has 9 heteroatoms. The molecule has 2 aromatic heterocycles. The van der Waals surface area contributed by atoms with Gasteiger partial charge in [0.2, 0.25) is 0 Å². The molecular weight excluding hydrogens is 468 g/mol. The molecule has 1 spiro atoms. The Kier molecular flexibility index (Phi) is 6.20. The number of carbonyl (C=O) groups excluding carboxylic acids is 1. The number of piperazine rings is 1. The Labute approximate surface area is 216 Å². The number of aliphatic hydroxyl groups is 1. The highest BCUT2D eigenvalue weighted by Crippen LogP contribution is 2.51. The van der Waals surface area contributed by atoms with Crippen molar-refractivity contribution in [2.75, 3.05) is 32.7 Å². The molecule has 3 aromatic rings. The lowest BCUT2D eigenvalue weighted by Crippen LogP contribution is -2.64. The number of aromatic nitrogens is 3. The first-order valence-corrected chi connectivity index (χ1v) is 13.3. The average molecular weight is 503 g/mol. The van der Waals surface area contributed by atoms with Crippen molar-refractivity contribution in [1.82, 2.24) is 29.7 Å². The van der Waals surface area contributed by atoms with E-state index >= 15 is 0 Å². The summed E-state index contributed by atoms with van der Waals surface area (Å²) >= 11 is 0. The first kappa shape index (κ1) is 24.1. The van der Waals surface area contributed by atoms with Gasteiger partial charge in [0.15, 0.2) is 0 Å². The van der Waals surface area contributed by atoms with E-state index < -0.39 is 11.0 Å². The predicted octanol–water partition coefficient (Wildman–Crippen LogP) is 2.56. The van der Waals surface area contributed by atoms with Crippen LogP contribution in [0.15, 0.2) is 59.9 Å². The Hall–Kier alpha value is -3.30. The second-order valence-corrected chi connectivity index (χ2v) is 10.9. The molecular formula is C28H34N6O3. The topological polar surface area (TPSA) is 104 Å². The summed E-state index contributed by atoms with van der Waals surface area (Å²) in [5.74, 6) is 0. The maximum atomic E-state index is 13.9. The maximum Gasteiger partial charge on any atom is 0.320 e. The molecule has 9 nitrogen and oxygen atoms in total. The number of urea groups is 1. The van der Waals surface area contributed by atoms with Gasteiger partial charge in [-0.05, 0) is 30.9 Å². The van der Waals surface area contributed by atoms with Gasteiger partial charge in [0, 0.05) is 50.5 Å². The summed E-state index contributed by atoms with van der Waals surface area (Å²) in [5, 5.41) is 16.0. The first-order chi connectivity index (χ1) is 18.0. The van der Waals surface area contributed by atoms with E-state index in [4.69, 9.17) is 0 Å². The molecule has 0 radical (unpaired) electrons. The number of nitrogens with one attached hydrogen (secondary N) is 1. The molecule has 3 aliphatic rings. The number of rotatable bonds is 3. The fourth-order valence-corrected chi connectivity index (χ4v) is 6.78. The molecule has 2 N–H and O–H groups in total. The number of pyridine rings is 1. The molecule has 6 rings (SSSR count). The van der Waals surface area contributed by atoms with E-state index in [0.29, 0.717) is 37.0 Å². The van der Waals surface area contributed by atoms with Crippen molar-refractivity contribution in [3.05, 3.63) is 71.0 Å². The van der Waals surface area contributed by atoms with Gasteiger partial charge >= 0.3 is 6.03 Å². The molecule has 2 saturated heterocycles. The molecule has 2 unspecified atom stereocenters. The summed E-state index contributed by atoms with van der Waals surface area (Å²) in [6, 6.07) is 12.0. The van der Waals surface area contributed by atoms with Crippen molar-refractivity contribution in [1.29, 1.82) is 0 Å². The second-order valence-electron chi connectivity index (χ2n) is 10.9. The van der Waals surface area contributed by atoms with Gasteiger partial charge in [-0.3, -0.25) is 4.79 Å². The van der Waals surface area contributed by atoms with Crippen molar-refractivity contribution in [2.45, 2.75) is 50.3 Å². The first-order valence-electron chi connectivity index (χ1n) is 13.3. The zero-order chi connectivity index (χ0) is 25.5. The summed E-state index contributed by atoms with van der Waals surface area (Å²) in [4.78, 5) is 39.3. The average Bonchev–Trinajstić information content (AvgIpc) is 3.42. The van der Waals surface area contributed by atoms with Gasteiger partial charge in [-0.25, -0.2) is 14.8 Å². The molecule has 2 atom stereocenters. The number of hydrogen-bond acceptors (Lipinski definition) is 6. The zero-order valence-electron chi connectivity index (χ0n) is 21.1. The van der Waals surface area contributed by atoms with Crippen LogP contribution in [0.1, 0.15) is 43.7 Å². The van der Waals surface area contributed by atoms with E-state index in [0.717, 1.165) is 44.3 Å². The van der Waals surface area contributed by atoms with Gasteiger partial charge < -0.3 is 24.8 Å². The minimum Gasteiger partial charge on any atom is -0.387 e. The van der Waals surface area contributed by atoms with E-state index in [9.17, 15) is 14.7 Å². The Morgan fingerprint density at radius 1 is 1.11 bits per heavy atom. The molecule has 37 heavy (non-hydrogen) atoms. The maximum absolute atomic E-state index is 13.9. The van der Waals surface area contributed by atoms with Crippen LogP contribution in [-0.4, -0.2) is 73.8 Å². The number of likely N-dealkylation sites (tertiary alicyclic amines) is 1. The van der Waals surface area contributed by atoms with Crippen LogP contribution in [0, 0.1) is 5.41 Å². The van der Waals surface area contributed by atoms with Gasteiger partial charge in [0.25, 0.3) is 5.56 Å². The summed E-state index contributed by atoms with van der Waals surface area (Å²) in [5.41, 5.74) is 0.0359. The number of hydrogen-bond donors (Lipinski definition) is 2. The number of benzene rings is 1. The molecule has 2 aliphatic heterocycles. The Morgan fingerprint density at radius 3 is 2.73 bits per heavy atom. The molecule has 1 aliphatic carbocycles. The minimum atomic E-state index is -1.07. The van der Waals surface area contributed by atoms with Crippen molar-refractivity contribution in [3.8, 4) is 0 Å². The van der Waals surface area contributed by atoms with Crippen molar-refractivity contribution >= 4 is 16.9 Å². The normalized spacial score (nSPS) is 25.6. The van der Waals surface area contributed by atoms with Gasteiger partial charge in [0.05, 0.1) is 29.1 Å². The highest BCUT2D eigenvalue weighted by molar-refractivity contribution is 5.76. The molecule has 0 bridgehead atoms. The van der Waals surface area contributed by atoms with Crippen LogP contribution in [0.25, 0.3) is 10.9 Å². The van der Waals surface area contributed by atoms with E-state index in [2.05, 4.69) is 27.4 Å². The van der Waals surface area contributed by atoms with E-state index in [1.807, 2.05) is 28.0 Å². The summed E-state index contributed by atoms with van der Waals surface area (Å²) < 4.78 is 1.60. The van der Waals surface area contributed by atoms with Crippen molar-refractivity contribution in [3.63, 3.8) is 0 Å². The largest absolute Gasteiger partial charge is 0.387 e. The predicted molar refractivity (Wildman–Crippen MR) is 140 cm³/mol. The van der Waals surface area contributed by atoms with Gasteiger partial charge in [-0.1, -0.05) is 43.2 Å². The number of fused-ring (bicyclic) bond motifs is 1. The monoisotopic (exact) mass is 502 g/mol. The molecule has 1 aromatic carbocycles. The Bertz CT molecular complexity index is 1340. The third-order valence-electron chi connectivity index (χ3n) is 8.86. The molecule has 1 saturated carbocycles. The summed E-state index contributed by atoms with van der Waals surface area (Å²) in [6.45, 7) is 3.34. The van der Waals surface area contributed by atoms with Crippen molar-refractivity contribution in [2.24, 2.45) is 5.41 Å². The van der Waals surface area contributed by atoms with Crippen molar-refractivity contribution < 1.29 is 9.90 Å². The minimum absolute atomic E-state index is 0.0128. The summed E-state index contributed by atoms with van der Waals surface area (Å²) in [6.07, 6.45) is 8.87. The lowest BCUT2D eigenvalue weighted by Gasteiger charge is -2.53. The third kappa shape index (κ3) is 4.20. The number of nitrogens with zero attached hydrogens (tertiary/aromatic N) is 5. The highest BCUT2D eigenvalue weighted by Gasteiger charge is 2.56. The van der Waals surface area contributed by atoms with Crippen LogP contribution >= 0.6 is 0 Å². The summed E-state index contributed by atoms with van der Waals surface area (Å²) in [7, 11) is 0. The van der Waals surface area contributed by atoms with E-state index in [-0.39, 0.29) is 24.2 Å². The van der Waals surface area contributed by atoms with Crippen LogP contribution in [0.3, 0.4) is 0 Å². The molecule has 4 heterocycles. The molecule has 3 fully saturated rings. The number of carbonyl (C=O) groups is 1. The lowest BCUT2D eigenvalue weighted by atomic mass is 9.66. The smallest absolute Gasteiger partial charge is 0.320 e. The quantitative estimate of drug-likeness (QED) is 0.571. The number of amides is 2. The second kappa shape index (κ2) is 9.54. The molecule has 194 valence electrons. The Morgan fingerprint density at radius 2 is 1.92 bits per heavy atom. The van der Waals surface area contributed by atoms with Crippen LogP contribution in [0.5, 0.6) is 0 Å². The third-order valence-corrected chi connectivity index (χ3v) is 8.86. The lowest BCUT2D eigenvalue weighted by molar-refractivity contribution is -0.136. The highest BCUT2D eigenvalue weighted by atomic mass is 16.3. The zero-order valence-corrected chi connectivity index (χ0v) is 21.1. The van der Waals surface area contributed by atoms with Gasteiger partial charge in [0.1, 0.15) is 6.33 Å². The fourth-order valence-electron chi connectivity index (χ4n) is 6.78. The van der Waals surface area contributed by atoms with Crippen LogP contribution < -0.4 is 10.9 Å². The SMILES string of the molecule is O=C(N1CCC(O)(Cn2ccc3ncncc3c2=O)C2(CCCC2)C1)N1CCNCC1c1ccccc1.